The fraction of sp³-hybridized carbons (Fsp3) is 0.600. The van der Waals surface area contributed by atoms with Gasteiger partial charge < -0.3 is 9.64 Å². The highest BCUT2D eigenvalue weighted by Crippen LogP contribution is 2.36. The molecule has 1 heterocycles. The van der Waals surface area contributed by atoms with E-state index < -0.39 is 0 Å². The van der Waals surface area contributed by atoms with Crippen molar-refractivity contribution in [1.82, 2.24) is 25.1 Å². The van der Waals surface area contributed by atoms with Crippen LogP contribution in [0.3, 0.4) is 0 Å². The largest absolute Gasteiger partial charge is 0.497 e. The van der Waals surface area contributed by atoms with Crippen LogP contribution in [0.25, 0.3) is 5.69 Å². The first kappa shape index (κ1) is 19.2. The van der Waals surface area contributed by atoms with Gasteiger partial charge in [-0.1, -0.05) is 18.7 Å². The number of rotatable bonds is 7. The molecule has 2 saturated carbocycles. The van der Waals surface area contributed by atoms with Crippen molar-refractivity contribution in [1.29, 1.82) is 0 Å². The predicted octanol–water partition coefficient (Wildman–Crippen LogP) is 3.33. The highest BCUT2D eigenvalue weighted by molar-refractivity contribution is 7.99. The topological polar surface area (TPSA) is 73.1 Å². The van der Waals surface area contributed by atoms with E-state index in [1.807, 2.05) is 24.3 Å². The maximum Gasteiger partial charge on any atom is 0.233 e. The molecule has 7 nitrogen and oxygen atoms in total. The summed E-state index contributed by atoms with van der Waals surface area (Å²) in [6, 6.07) is 8.41. The third kappa shape index (κ3) is 4.32. The van der Waals surface area contributed by atoms with Crippen LogP contribution in [-0.4, -0.2) is 56.0 Å². The van der Waals surface area contributed by atoms with Gasteiger partial charge in [-0.3, -0.25) is 4.79 Å². The predicted molar refractivity (Wildman–Crippen MR) is 108 cm³/mol. The molecule has 150 valence electrons. The van der Waals surface area contributed by atoms with E-state index >= 15 is 0 Å². The van der Waals surface area contributed by atoms with Gasteiger partial charge in [0, 0.05) is 12.1 Å². The molecule has 1 aromatic heterocycles. The van der Waals surface area contributed by atoms with Crippen molar-refractivity contribution in [3.05, 3.63) is 24.3 Å². The fourth-order valence-electron chi connectivity index (χ4n) is 3.93. The summed E-state index contributed by atoms with van der Waals surface area (Å²) in [5, 5.41) is 12.6. The minimum absolute atomic E-state index is 0.219. The Hall–Kier alpha value is -2.09. The number of hydrogen-bond donors (Lipinski definition) is 0. The molecule has 0 unspecified atom stereocenters. The average molecular weight is 402 g/mol. The minimum Gasteiger partial charge on any atom is -0.497 e. The summed E-state index contributed by atoms with van der Waals surface area (Å²) >= 11 is 1.41. The van der Waals surface area contributed by atoms with E-state index in [9.17, 15) is 4.79 Å². The molecule has 0 aliphatic heterocycles. The number of methoxy groups -OCH3 is 1. The molecule has 2 aliphatic rings. The van der Waals surface area contributed by atoms with Gasteiger partial charge in [0.1, 0.15) is 5.75 Å². The van der Waals surface area contributed by atoms with Crippen LogP contribution in [0.4, 0.5) is 0 Å². The van der Waals surface area contributed by atoms with Gasteiger partial charge in [-0.05, 0) is 79.1 Å². The third-order valence-corrected chi connectivity index (χ3v) is 6.59. The number of ether oxygens (including phenoxy) is 1. The van der Waals surface area contributed by atoms with Crippen molar-refractivity contribution >= 4 is 17.7 Å². The molecule has 0 N–H and O–H groups in total. The lowest BCUT2D eigenvalue weighted by Gasteiger charge is -2.36. The van der Waals surface area contributed by atoms with Gasteiger partial charge in [0.25, 0.3) is 0 Å². The van der Waals surface area contributed by atoms with Gasteiger partial charge >= 0.3 is 0 Å². The maximum absolute atomic E-state index is 13.0. The summed E-state index contributed by atoms with van der Waals surface area (Å²) < 4.78 is 6.87. The Morgan fingerprint density at radius 3 is 2.39 bits per heavy atom. The molecule has 0 bridgehead atoms. The number of aromatic nitrogens is 4. The monoisotopic (exact) mass is 401 g/mol. The molecule has 0 radical (unpaired) electrons. The molecule has 0 spiro atoms. The summed E-state index contributed by atoms with van der Waals surface area (Å²) in [5.74, 6) is 2.16. The number of thioether (sulfide) groups is 1. The van der Waals surface area contributed by atoms with Crippen LogP contribution in [0.5, 0.6) is 5.75 Å². The second-order valence-corrected chi connectivity index (χ2v) is 8.75. The second kappa shape index (κ2) is 8.51. The molecule has 2 aromatic rings. The van der Waals surface area contributed by atoms with E-state index in [2.05, 4.69) is 27.3 Å². The summed E-state index contributed by atoms with van der Waals surface area (Å²) in [6.45, 7) is 2.31. The van der Waals surface area contributed by atoms with Crippen LogP contribution < -0.4 is 4.74 Å². The Kier molecular flexibility index (Phi) is 5.85. The average Bonchev–Trinajstić information content (AvgIpc) is 3.44. The smallest absolute Gasteiger partial charge is 0.233 e. The number of benzene rings is 1. The first-order valence-corrected chi connectivity index (χ1v) is 11.0. The van der Waals surface area contributed by atoms with Crippen LogP contribution in [0.2, 0.25) is 0 Å². The van der Waals surface area contributed by atoms with Crippen LogP contribution in [0, 0.1) is 5.92 Å². The lowest BCUT2D eigenvalue weighted by Crippen LogP contribution is -2.44. The summed E-state index contributed by atoms with van der Waals surface area (Å²) in [6.07, 6.45) is 7.02. The van der Waals surface area contributed by atoms with E-state index in [1.54, 1.807) is 11.8 Å². The Morgan fingerprint density at radius 1 is 1.14 bits per heavy atom. The van der Waals surface area contributed by atoms with E-state index in [1.165, 1.54) is 24.6 Å². The Morgan fingerprint density at radius 2 is 1.79 bits per heavy atom. The molecule has 1 amide bonds. The van der Waals surface area contributed by atoms with Crippen LogP contribution in [-0.2, 0) is 4.79 Å². The normalized spacial score (nSPS) is 22.1. The molecule has 0 atom stereocenters. The first-order chi connectivity index (χ1) is 13.7. The molecule has 2 aliphatic carbocycles. The SMILES string of the molecule is COc1ccc(-n2nnnc2SCC(=O)N(C2CCC(C)CC2)C2CC2)cc1. The highest BCUT2D eigenvalue weighted by atomic mass is 32.2. The fourth-order valence-corrected chi connectivity index (χ4v) is 4.69. The van der Waals surface area contributed by atoms with Gasteiger partial charge in [0.05, 0.1) is 18.6 Å². The third-order valence-electron chi connectivity index (χ3n) is 5.69. The molecule has 8 heteroatoms. The van der Waals surface area contributed by atoms with Crippen molar-refractivity contribution in [3.8, 4) is 11.4 Å². The zero-order valence-electron chi connectivity index (χ0n) is 16.5. The number of nitrogens with zero attached hydrogens (tertiary/aromatic N) is 5. The molecular formula is C20H27N5O2S. The number of hydrogen-bond acceptors (Lipinski definition) is 6. The zero-order chi connectivity index (χ0) is 19.5. The number of carbonyl (C=O) groups excluding carboxylic acids is 1. The van der Waals surface area contributed by atoms with Gasteiger partial charge in [0.15, 0.2) is 0 Å². The van der Waals surface area contributed by atoms with Gasteiger partial charge in [0.2, 0.25) is 11.1 Å². The maximum atomic E-state index is 13.0. The van der Waals surface area contributed by atoms with Crippen molar-refractivity contribution in [2.24, 2.45) is 5.92 Å². The van der Waals surface area contributed by atoms with E-state index in [-0.39, 0.29) is 5.91 Å². The van der Waals surface area contributed by atoms with Gasteiger partial charge in [-0.25, -0.2) is 0 Å². The zero-order valence-corrected chi connectivity index (χ0v) is 17.3. The van der Waals surface area contributed by atoms with Crippen molar-refractivity contribution < 1.29 is 9.53 Å². The standard InChI is InChI=1S/C20H27N5O2S/c1-14-3-5-15(6-4-14)24(16-7-8-16)19(26)13-28-20-21-22-23-25(20)17-9-11-18(27-2)12-10-17/h9-12,14-16H,3-8,13H2,1-2H3. The van der Waals surface area contributed by atoms with Gasteiger partial charge in [-0.2, -0.15) is 4.68 Å². The van der Waals surface area contributed by atoms with E-state index in [4.69, 9.17) is 4.74 Å². The number of carbonyl (C=O) groups is 1. The number of amides is 1. The molecule has 4 rings (SSSR count). The van der Waals surface area contributed by atoms with Crippen LogP contribution in [0.15, 0.2) is 29.4 Å². The van der Waals surface area contributed by atoms with E-state index in [0.717, 1.165) is 43.0 Å². The highest BCUT2D eigenvalue weighted by Gasteiger charge is 2.38. The second-order valence-electron chi connectivity index (χ2n) is 7.81. The molecule has 28 heavy (non-hydrogen) atoms. The van der Waals surface area contributed by atoms with Crippen molar-refractivity contribution in [3.63, 3.8) is 0 Å². The molecule has 0 saturated heterocycles. The molecular weight excluding hydrogens is 374 g/mol. The molecule has 2 fully saturated rings. The Labute approximate surface area is 169 Å². The van der Waals surface area contributed by atoms with E-state index in [0.29, 0.717) is 23.0 Å². The summed E-state index contributed by atoms with van der Waals surface area (Å²) in [7, 11) is 1.64. The quantitative estimate of drug-likeness (QED) is 0.663. The minimum atomic E-state index is 0.219. The summed E-state index contributed by atoms with van der Waals surface area (Å²) in [5.41, 5.74) is 0.848. The summed E-state index contributed by atoms with van der Waals surface area (Å²) in [4.78, 5) is 15.2. The number of tetrazole rings is 1. The lowest BCUT2D eigenvalue weighted by molar-refractivity contribution is -0.132. The van der Waals surface area contributed by atoms with Crippen molar-refractivity contribution in [2.45, 2.75) is 62.7 Å². The lowest BCUT2D eigenvalue weighted by atomic mass is 9.86. The van der Waals surface area contributed by atoms with Gasteiger partial charge in [-0.15, -0.1) is 5.10 Å². The van der Waals surface area contributed by atoms with Crippen LogP contribution in [0.1, 0.15) is 45.4 Å². The Bertz CT molecular complexity index is 797. The van der Waals surface area contributed by atoms with Crippen molar-refractivity contribution in [2.75, 3.05) is 12.9 Å². The first-order valence-electron chi connectivity index (χ1n) is 10.0. The Balaban J connectivity index is 1.41. The van der Waals surface area contributed by atoms with Crippen LogP contribution >= 0.6 is 11.8 Å². The molecule has 1 aromatic carbocycles.